The molecule has 0 aliphatic heterocycles. The molecular formula is C27H27NO5. The predicted octanol–water partition coefficient (Wildman–Crippen LogP) is 4.74. The minimum absolute atomic E-state index is 0.155. The van der Waals surface area contributed by atoms with Crippen LogP contribution in [0.25, 0.3) is 22.1 Å². The highest BCUT2D eigenvalue weighted by molar-refractivity contribution is 5.93. The molecule has 0 spiro atoms. The highest BCUT2D eigenvalue weighted by Gasteiger charge is 2.14. The topological polar surface area (TPSA) is 94.9 Å². The Morgan fingerprint density at radius 2 is 1.88 bits per heavy atom. The standard InChI is InChI=1S/C27H27NO5/c1-2-31-26(30)14-21-7-3-4-9-25(21)32-17-19-11-22-13-23(16-29)33-27(22)24(12-19)20-8-5-6-18(10-20)15-28/h3-13,29H,2,14-17,28H2,1H3. The van der Waals surface area contributed by atoms with Crippen LogP contribution in [-0.4, -0.2) is 17.7 Å². The number of benzene rings is 3. The number of aliphatic hydroxyl groups is 1. The second-order valence-corrected chi connectivity index (χ2v) is 7.72. The minimum Gasteiger partial charge on any atom is -0.489 e. The van der Waals surface area contributed by atoms with Crippen molar-refractivity contribution in [3.63, 3.8) is 0 Å². The number of nitrogens with two attached hydrogens (primary N) is 1. The van der Waals surface area contributed by atoms with E-state index >= 15 is 0 Å². The van der Waals surface area contributed by atoms with Crippen molar-refractivity contribution in [3.8, 4) is 16.9 Å². The van der Waals surface area contributed by atoms with Gasteiger partial charge in [-0.2, -0.15) is 0 Å². The molecule has 3 aromatic carbocycles. The Balaban J connectivity index is 1.66. The molecule has 1 aromatic heterocycles. The van der Waals surface area contributed by atoms with Gasteiger partial charge in [0.1, 0.15) is 30.3 Å². The first-order chi connectivity index (χ1) is 16.1. The van der Waals surface area contributed by atoms with Gasteiger partial charge in [0.15, 0.2) is 0 Å². The lowest BCUT2D eigenvalue weighted by molar-refractivity contribution is -0.142. The molecule has 33 heavy (non-hydrogen) atoms. The molecule has 1 heterocycles. The van der Waals surface area contributed by atoms with E-state index in [-0.39, 0.29) is 19.0 Å². The van der Waals surface area contributed by atoms with E-state index < -0.39 is 0 Å². The van der Waals surface area contributed by atoms with Gasteiger partial charge in [-0.1, -0.05) is 36.4 Å². The number of ether oxygens (including phenoxy) is 2. The number of fused-ring (bicyclic) bond motifs is 1. The number of hydrogen-bond donors (Lipinski definition) is 2. The number of carbonyl (C=O) groups excluding carboxylic acids is 1. The van der Waals surface area contributed by atoms with Gasteiger partial charge in [-0.3, -0.25) is 4.79 Å². The molecule has 0 bridgehead atoms. The highest BCUT2D eigenvalue weighted by atomic mass is 16.5. The van der Waals surface area contributed by atoms with E-state index in [4.69, 9.17) is 19.6 Å². The molecule has 0 saturated heterocycles. The zero-order chi connectivity index (χ0) is 23.2. The third kappa shape index (κ3) is 5.25. The highest BCUT2D eigenvalue weighted by Crippen LogP contribution is 2.34. The average Bonchev–Trinajstić information content (AvgIpc) is 3.26. The van der Waals surface area contributed by atoms with E-state index in [1.165, 1.54) is 0 Å². The SMILES string of the molecule is CCOC(=O)Cc1ccccc1OCc1cc(-c2cccc(CN)c2)c2oc(CO)cc2c1. The molecule has 6 heteroatoms. The Hall–Kier alpha value is -3.61. The van der Waals surface area contributed by atoms with Gasteiger partial charge in [0.2, 0.25) is 0 Å². The van der Waals surface area contributed by atoms with E-state index in [0.717, 1.165) is 33.2 Å². The third-order valence-corrected chi connectivity index (χ3v) is 5.36. The third-order valence-electron chi connectivity index (χ3n) is 5.36. The molecule has 0 unspecified atom stereocenters. The van der Waals surface area contributed by atoms with Crippen molar-refractivity contribution < 1.29 is 23.8 Å². The van der Waals surface area contributed by atoms with Crippen molar-refractivity contribution in [2.75, 3.05) is 6.61 Å². The second kappa shape index (κ2) is 10.3. The van der Waals surface area contributed by atoms with Crippen molar-refractivity contribution in [2.24, 2.45) is 5.73 Å². The number of esters is 1. The summed E-state index contributed by atoms with van der Waals surface area (Å²) >= 11 is 0. The molecule has 4 aromatic rings. The van der Waals surface area contributed by atoms with E-state index in [0.29, 0.717) is 36.9 Å². The van der Waals surface area contributed by atoms with Gasteiger partial charge in [0, 0.05) is 23.1 Å². The van der Waals surface area contributed by atoms with Crippen LogP contribution in [0.1, 0.15) is 29.4 Å². The molecular weight excluding hydrogens is 418 g/mol. The average molecular weight is 446 g/mol. The molecule has 170 valence electrons. The van der Waals surface area contributed by atoms with E-state index in [2.05, 4.69) is 0 Å². The monoisotopic (exact) mass is 445 g/mol. The van der Waals surface area contributed by atoms with Gasteiger partial charge in [0.25, 0.3) is 0 Å². The zero-order valence-corrected chi connectivity index (χ0v) is 18.5. The lowest BCUT2D eigenvalue weighted by Gasteiger charge is -2.13. The fourth-order valence-electron chi connectivity index (χ4n) is 3.83. The summed E-state index contributed by atoms with van der Waals surface area (Å²) in [5, 5.41) is 10.5. The quantitative estimate of drug-likeness (QED) is 0.362. The van der Waals surface area contributed by atoms with Crippen LogP contribution in [0.2, 0.25) is 0 Å². The van der Waals surface area contributed by atoms with Gasteiger partial charge < -0.3 is 24.7 Å². The molecule has 0 atom stereocenters. The van der Waals surface area contributed by atoms with E-state index in [1.807, 2.05) is 66.7 Å². The van der Waals surface area contributed by atoms with Crippen LogP contribution in [0.4, 0.5) is 0 Å². The molecule has 0 fully saturated rings. The Kier molecular flexibility index (Phi) is 7.07. The summed E-state index contributed by atoms with van der Waals surface area (Å²) in [5.74, 6) is 0.853. The number of para-hydroxylation sites is 1. The molecule has 6 nitrogen and oxygen atoms in total. The van der Waals surface area contributed by atoms with Crippen LogP contribution < -0.4 is 10.5 Å². The van der Waals surface area contributed by atoms with Gasteiger partial charge in [-0.05, 0) is 53.9 Å². The number of aliphatic hydroxyl groups excluding tert-OH is 1. The van der Waals surface area contributed by atoms with Crippen molar-refractivity contribution in [2.45, 2.75) is 33.1 Å². The Morgan fingerprint density at radius 3 is 2.67 bits per heavy atom. The van der Waals surface area contributed by atoms with Gasteiger partial charge >= 0.3 is 5.97 Å². The van der Waals surface area contributed by atoms with Crippen molar-refractivity contribution in [3.05, 3.63) is 89.2 Å². The van der Waals surface area contributed by atoms with Crippen LogP contribution in [0.15, 0.2) is 71.1 Å². The van der Waals surface area contributed by atoms with Crippen LogP contribution in [0.3, 0.4) is 0 Å². The summed E-state index contributed by atoms with van der Waals surface area (Å²) in [5.41, 5.74) is 11.2. The summed E-state index contributed by atoms with van der Waals surface area (Å²) in [6, 6.07) is 21.3. The summed E-state index contributed by atoms with van der Waals surface area (Å²) in [7, 11) is 0. The fraction of sp³-hybridized carbons (Fsp3) is 0.222. The van der Waals surface area contributed by atoms with Gasteiger partial charge in [-0.15, -0.1) is 0 Å². The first kappa shape index (κ1) is 22.6. The Bertz CT molecular complexity index is 1260. The summed E-state index contributed by atoms with van der Waals surface area (Å²) in [6.07, 6.45) is 0.155. The summed E-state index contributed by atoms with van der Waals surface area (Å²) < 4.78 is 17.1. The zero-order valence-electron chi connectivity index (χ0n) is 18.5. The molecule has 4 rings (SSSR count). The minimum atomic E-state index is -0.285. The number of furan rings is 1. The van der Waals surface area contributed by atoms with Crippen LogP contribution in [0, 0.1) is 0 Å². The summed E-state index contributed by atoms with van der Waals surface area (Å²) in [6.45, 7) is 2.70. The number of hydrogen-bond acceptors (Lipinski definition) is 6. The normalized spacial score (nSPS) is 11.0. The van der Waals surface area contributed by atoms with Gasteiger partial charge in [0.05, 0.1) is 13.0 Å². The Morgan fingerprint density at radius 1 is 1.03 bits per heavy atom. The number of rotatable bonds is 9. The maximum atomic E-state index is 12.0. The van der Waals surface area contributed by atoms with Crippen LogP contribution >= 0.6 is 0 Å². The summed E-state index contributed by atoms with van der Waals surface area (Å²) in [4.78, 5) is 12.0. The molecule has 0 radical (unpaired) electrons. The van der Waals surface area contributed by atoms with Gasteiger partial charge in [-0.25, -0.2) is 0 Å². The van der Waals surface area contributed by atoms with E-state index in [9.17, 15) is 9.90 Å². The maximum absolute atomic E-state index is 12.0. The Labute approximate surface area is 192 Å². The van der Waals surface area contributed by atoms with E-state index in [1.54, 1.807) is 6.92 Å². The maximum Gasteiger partial charge on any atom is 0.310 e. The molecule has 3 N–H and O–H groups in total. The molecule has 0 saturated carbocycles. The van der Waals surface area contributed by atoms with Crippen molar-refractivity contribution in [1.82, 2.24) is 0 Å². The smallest absolute Gasteiger partial charge is 0.310 e. The van der Waals surface area contributed by atoms with Crippen LogP contribution in [0.5, 0.6) is 5.75 Å². The van der Waals surface area contributed by atoms with Crippen LogP contribution in [-0.2, 0) is 35.7 Å². The first-order valence-corrected chi connectivity index (χ1v) is 10.9. The van der Waals surface area contributed by atoms with Crippen molar-refractivity contribution in [1.29, 1.82) is 0 Å². The largest absolute Gasteiger partial charge is 0.489 e. The first-order valence-electron chi connectivity index (χ1n) is 10.9. The molecule has 0 aliphatic carbocycles. The fourth-order valence-corrected chi connectivity index (χ4v) is 3.83. The lowest BCUT2D eigenvalue weighted by atomic mass is 9.99. The van der Waals surface area contributed by atoms with Crippen molar-refractivity contribution >= 4 is 16.9 Å². The second-order valence-electron chi connectivity index (χ2n) is 7.72. The predicted molar refractivity (Wildman–Crippen MR) is 127 cm³/mol. The molecule has 0 aliphatic rings. The number of carbonyl (C=O) groups is 1. The molecule has 0 amide bonds. The lowest BCUT2D eigenvalue weighted by Crippen LogP contribution is -2.09.